The van der Waals surface area contributed by atoms with Crippen LogP contribution in [0.15, 0.2) is 22.7 Å². The molecule has 0 radical (unpaired) electrons. The number of nitrogens with zero attached hydrogens (tertiary/aromatic N) is 1. The molecule has 0 bridgehead atoms. The van der Waals surface area contributed by atoms with Gasteiger partial charge in [-0.1, -0.05) is 0 Å². The molecule has 4 heteroatoms. The van der Waals surface area contributed by atoms with E-state index in [-0.39, 0.29) is 5.82 Å². The first-order chi connectivity index (χ1) is 7.66. The van der Waals surface area contributed by atoms with Gasteiger partial charge in [-0.2, -0.15) is 0 Å². The van der Waals surface area contributed by atoms with Gasteiger partial charge in [-0.05, 0) is 47.5 Å². The minimum Gasteiger partial charge on any atom is -0.370 e. The van der Waals surface area contributed by atoms with Crippen LogP contribution in [0.2, 0.25) is 0 Å². The zero-order chi connectivity index (χ0) is 11.5. The van der Waals surface area contributed by atoms with Crippen LogP contribution in [0.25, 0.3) is 0 Å². The van der Waals surface area contributed by atoms with E-state index in [2.05, 4.69) is 33.1 Å². The van der Waals surface area contributed by atoms with Crippen LogP contribution in [0.1, 0.15) is 13.3 Å². The van der Waals surface area contributed by atoms with Crippen molar-refractivity contribution in [3.63, 3.8) is 0 Å². The minimum absolute atomic E-state index is 0.192. The molecule has 1 unspecified atom stereocenters. The number of anilines is 1. The molecule has 2 rings (SSSR count). The van der Waals surface area contributed by atoms with Gasteiger partial charge in [-0.15, -0.1) is 0 Å². The Balaban J connectivity index is 2.13. The zero-order valence-electron chi connectivity index (χ0n) is 9.34. The average molecular weight is 287 g/mol. The molecule has 88 valence electrons. The van der Waals surface area contributed by atoms with Crippen molar-refractivity contribution in [2.24, 2.45) is 0 Å². The lowest BCUT2D eigenvalue weighted by Crippen LogP contribution is -2.29. The molecule has 1 N–H and O–H groups in total. The SMILES string of the molecule is CC1CCN(c2ccc(Br)c(F)c2)CCN1. The Bertz CT molecular complexity index is 370. The first kappa shape index (κ1) is 11.9. The molecule has 1 fully saturated rings. The number of benzene rings is 1. The maximum absolute atomic E-state index is 13.4. The number of hydrogen-bond acceptors (Lipinski definition) is 2. The van der Waals surface area contributed by atoms with Crippen molar-refractivity contribution in [3.05, 3.63) is 28.5 Å². The van der Waals surface area contributed by atoms with Crippen LogP contribution >= 0.6 is 15.9 Å². The van der Waals surface area contributed by atoms with Gasteiger partial charge in [0.1, 0.15) is 5.82 Å². The first-order valence-electron chi connectivity index (χ1n) is 5.60. The third kappa shape index (κ3) is 2.74. The molecule has 0 saturated carbocycles. The number of rotatable bonds is 1. The van der Waals surface area contributed by atoms with Crippen LogP contribution in [0.3, 0.4) is 0 Å². The maximum Gasteiger partial charge on any atom is 0.139 e. The summed E-state index contributed by atoms with van der Waals surface area (Å²) in [5.41, 5.74) is 0.969. The molecule has 1 aromatic rings. The number of hydrogen-bond donors (Lipinski definition) is 1. The molecule has 16 heavy (non-hydrogen) atoms. The number of halogens is 2. The third-order valence-corrected chi connectivity index (χ3v) is 3.62. The van der Waals surface area contributed by atoms with Gasteiger partial charge in [0.05, 0.1) is 4.47 Å². The van der Waals surface area contributed by atoms with E-state index in [1.54, 1.807) is 12.1 Å². The van der Waals surface area contributed by atoms with Crippen molar-refractivity contribution < 1.29 is 4.39 Å². The summed E-state index contributed by atoms with van der Waals surface area (Å²) in [6.07, 6.45) is 1.09. The zero-order valence-corrected chi connectivity index (χ0v) is 10.9. The predicted molar refractivity (Wildman–Crippen MR) is 68.4 cm³/mol. The molecule has 1 atom stereocenters. The highest BCUT2D eigenvalue weighted by atomic mass is 79.9. The van der Waals surface area contributed by atoms with Crippen molar-refractivity contribution in [2.45, 2.75) is 19.4 Å². The minimum atomic E-state index is -0.192. The van der Waals surface area contributed by atoms with Crippen molar-refractivity contribution in [1.29, 1.82) is 0 Å². The average Bonchev–Trinajstić information content (AvgIpc) is 2.47. The standard InChI is InChI=1S/C12H16BrFN2/c1-9-4-6-16(7-5-15-9)10-2-3-11(13)12(14)8-10/h2-3,8-9,15H,4-7H2,1H3. The summed E-state index contributed by atoms with van der Waals surface area (Å²) in [5, 5.41) is 3.43. The highest BCUT2D eigenvalue weighted by Gasteiger charge is 2.14. The highest BCUT2D eigenvalue weighted by Crippen LogP contribution is 2.23. The largest absolute Gasteiger partial charge is 0.370 e. The summed E-state index contributed by atoms with van der Waals surface area (Å²) >= 11 is 3.17. The van der Waals surface area contributed by atoms with Crippen LogP contribution in [0.5, 0.6) is 0 Å². The van der Waals surface area contributed by atoms with Gasteiger partial charge in [0.25, 0.3) is 0 Å². The van der Waals surface area contributed by atoms with Crippen LogP contribution in [-0.2, 0) is 0 Å². The summed E-state index contributed by atoms with van der Waals surface area (Å²) in [6.45, 7) is 5.06. The lowest BCUT2D eigenvalue weighted by atomic mass is 10.2. The van der Waals surface area contributed by atoms with E-state index < -0.39 is 0 Å². The molecule has 0 aromatic heterocycles. The Labute approximate surface area is 104 Å². The molecule has 0 spiro atoms. The molecule has 1 saturated heterocycles. The van der Waals surface area contributed by atoms with E-state index in [0.29, 0.717) is 10.5 Å². The van der Waals surface area contributed by atoms with Crippen molar-refractivity contribution in [1.82, 2.24) is 5.32 Å². The van der Waals surface area contributed by atoms with Crippen molar-refractivity contribution >= 4 is 21.6 Å². The van der Waals surface area contributed by atoms with Gasteiger partial charge in [0.2, 0.25) is 0 Å². The fourth-order valence-electron chi connectivity index (χ4n) is 1.95. The smallest absolute Gasteiger partial charge is 0.139 e. The quantitative estimate of drug-likeness (QED) is 0.854. The van der Waals surface area contributed by atoms with Gasteiger partial charge in [-0.25, -0.2) is 4.39 Å². The summed E-state index contributed by atoms with van der Waals surface area (Å²) in [7, 11) is 0. The molecule has 0 aliphatic carbocycles. The summed E-state index contributed by atoms with van der Waals surface area (Å²) in [5.74, 6) is -0.192. The second-order valence-electron chi connectivity index (χ2n) is 4.23. The van der Waals surface area contributed by atoms with E-state index in [1.807, 2.05) is 6.07 Å². The molecule has 1 aromatic carbocycles. The highest BCUT2D eigenvalue weighted by molar-refractivity contribution is 9.10. The second-order valence-corrected chi connectivity index (χ2v) is 5.08. The van der Waals surface area contributed by atoms with E-state index in [9.17, 15) is 4.39 Å². The summed E-state index contributed by atoms with van der Waals surface area (Å²) in [6, 6.07) is 5.88. The lowest BCUT2D eigenvalue weighted by molar-refractivity contribution is 0.566. The molecule has 2 nitrogen and oxygen atoms in total. The van der Waals surface area contributed by atoms with Crippen LogP contribution in [-0.4, -0.2) is 25.7 Å². The fourth-order valence-corrected chi connectivity index (χ4v) is 2.20. The van der Waals surface area contributed by atoms with Crippen molar-refractivity contribution in [2.75, 3.05) is 24.5 Å². The van der Waals surface area contributed by atoms with E-state index >= 15 is 0 Å². The van der Waals surface area contributed by atoms with E-state index in [4.69, 9.17) is 0 Å². The van der Waals surface area contributed by atoms with Crippen molar-refractivity contribution in [3.8, 4) is 0 Å². The third-order valence-electron chi connectivity index (χ3n) is 2.97. The maximum atomic E-state index is 13.4. The normalized spacial score (nSPS) is 21.9. The Kier molecular flexibility index (Phi) is 3.82. The van der Waals surface area contributed by atoms with Gasteiger partial charge in [0, 0.05) is 31.4 Å². The second kappa shape index (κ2) is 5.15. The predicted octanol–water partition coefficient (Wildman–Crippen LogP) is 2.78. The Hall–Kier alpha value is -0.610. The van der Waals surface area contributed by atoms with Gasteiger partial charge in [-0.3, -0.25) is 0 Å². The Morgan fingerprint density at radius 1 is 1.44 bits per heavy atom. The first-order valence-corrected chi connectivity index (χ1v) is 6.39. The Morgan fingerprint density at radius 2 is 2.25 bits per heavy atom. The molecule has 1 aliphatic heterocycles. The van der Waals surface area contributed by atoms with Gasteiger partial charge < -0.3 is 10.2 Å². The molecule has 0 amide bonds. The van der Waals surface area contributed by atoms with Crippen LogP contribution in [0, 0.1) is 5.82 Å². The fraction of sp³-hybridized carbons (Fsp3) is 0.500. The summed E-state index contributed by atoms with van der Waals surface area (Å²) < 4.78 is 13.9. The topological polar surface area (TPSA) is 15.3 Å². The van der Waals surface area contributed by atoms with E-state index in [1.165, 1.54) is 0 Å². The molecular weight excluding hydrogens is 271 g/mol. The van der Waals surface area contributed by atoms with E-state index in [0.717, 1.165) is 31.7 Å². The van der Waals surface area contributed by atoms with Crippen LogP contribution < -0.4 is 10.2 Å². The number of nitrogens with one attached hydrogen (secondary N) is 1. The van der Waals surface area contributed by atoms with Gasteiger partial charge in [0.15, 0.2) is 0 Å². The lowest BCUT2D eigenvalue weighted by Gasteiger charge is -2.22. The van der Waals surface area contributed by atoms with Crippen LogP contribution in [0.4, 0.5) is 10.1 Å². The van der Waals surface area contributed by atoms with Gasteiger partial charge >= 0.3 is 0 Å². The summed E-state index contributed by atoms with van der Waals surface area (Å²) in [4.78, 5) is 2.23. The molecule has 1 heterocycles. The Morgan fingerprint density at radius 3 is 3.00 bits per heavy atom. The molecule has 1 aliphatic rings. The monoisotopic (exact) mass is 286 g/mol. The molecular formula is C12H16BrFN2.